The van der Waals surface area contributed by atoms with Crippen LogP contribution in [-0.4, -0.2) is 38.3 Å². The van der Waals surface area contributed by atoms with Crippen LogP contribution < -0.4 is 5.73 Å². The van der Waals surface area contributed by atoms with Gasteiger partial charge in [0.25, 0.3) is 0 Å². The number of rotatable bonds is 6. The molecule has 15 heavy (non-hydrogen) atoms. The molecule has 4 heteroatoms. The number of hydrogen-bond donors (Lipinski definition) is 1. The molecule has 0 bridgehead atoms. The fourth-order valence-corrected chi connectivity index (χ4v) is 1.54. The van der Waals surface area contributed by atoms with E-state index in [4.69, 9.17) is 19.9 Å². The highest BCUT2D eigenvalue weighted by Gasteiger charge is 2.22. The summed E-state index contributed by atoms with van der Waals surface area (Å²) in [6, 6.07) is 0.127. The van der Waals surface area contributed by atoms with Gasteiger partial charge in [-0.05, 0) is 26.7 Å². The quantitative estimate of drug-likeness (QED) is 0.728. The van der Waals surface area contributed by atoms with Gasteiger partial charge in [0.15, 0.2) is 6.29 Å². The van der Waals surface area contributed by atoms with Crippen molar-refractivity contribution >= 4 is 0 Å². The van der Waals surface area contributed by atoms with Gasteiger partial charge in [0.1, 0.15) is 0 Å². The van der Waals surface area contributed by atoms with Crippen LogP contribution in [0.25, 0.3) is 0 Å². The lowest BCUT2D eigenvalue weighted by Crippen LogP contribution is -2.31. The largest absolute Gasteiger partial charge is 0.379 e. The average Bonchev–Trinajstić information content (AvgIpc) is 2.68. The third-order valence-electron chi connectivity index (χ3n) is 2.86. The highest BCUT2D eigenvalue weighted by atomic mass is 16.7. The molecule has 1 saturated heterocycles. The van der Waals surface area contributed by atoms with Crippen molar-refractivity contribution < 1.29 is 14.2 Å². The fourth-order valence-electron chi connectivity index (χ4n) is 1.54. The first-order chi connectivity index (χ1) is 7.03. The van der Waals surface area contributed by atoms with E-state index in [1.54, 1.807) is 7.11 Å². The zero-order valence-electron chi connectivity index (χ0n) is 9.99. The third kappa shape index (κ3) is 4.93. The summed E-state index contributed by atoms with van der Waals surface area (Å²) < 4.78 is 16.0. The van der Waals surface area contributed by atoms with Crippen molar-refractivity contribution in [2.45, 2.75) is 51.0 Å². The van der Waals surface area contributed by atoms with E-state index in [-0.39, 0.29) is 17.9 Å². The van der Waals surface area contributed by atoms with Gasteiger partial charge < -0.3 is 19.9 Å². The Labute approximate surface area is 92.1 Å². The predicted molar refractivity (Wildman–Crippen MR) is 58.6 cm³/mol. The van der Waals surface area contributed by atoms with E-state index in [1.165, 1.54) is 0 Å². The van der Waals surface area contributed by atoms with Gasteiger partial charge in [-0.1, -0.05) is 0 Å². The Balaban J connectivity index is 2.15. The first kappa shape index (κ1) is 12.9. The molecular weight excluding hydrogens is 194 g/mol. The standard InChI is InChI=1S/C11H23NO3/c1-11(2,13-3)5-4-9(12)8-10-14-6-7-15-10/h9-10H,4-8,12H2,1-3H3. The molecule has 0 aliphatic carbocycles. The molecule has 2 N–H and O–H groups in total. The molecule has 0 radical (unpaired) electrons. The van der Waals surface area contributed by atoms with Crippen LogP contribution in [0, 0.1) is 0 Å². The first-order valence-corrected chi connectivity index (χ1v) is 5.57. The van der Waals surface area contributed by atoms with Gasteiger partial charge in [-0.15, -0.1) is 0 Å². The SMILES string of the molecule is COC(C)(C)CCC(N)CC1OCCO1. The summed E-state index contributed by atoms with van der Waals surface area (Å²) in [7, 11) is 1.73. The molecule has 1 fully saturated rings. The van der Waals surface area contributed by atoms with E-state index < -0.39 is 0 Å². The fraction of sp³-hybridized carbons (Fsp3) is 1.00. The number of hydrogen-bond acceptors (Lipinski definition) is 4. The van der Waals surface area contributed by atoms with Crippen molar-refractivity contribution in [1.82, 2.24) is 0 Å². The maximum Gasteiger partial charge on any atom is 0.159 e. The van der Waals surface area contributed by atoms with E-state index in [0.29, 0.717) is 13.2 Å². The zero-order chi connectivity index (χ0) is 11.3. The van der Waals surface area contributed by atoms with Crippen molar-refractivity contribution in [2.75, 3.05) is 20.3 Å². The first-order valence-electron chi connectivity index (χ1n) is 5.57. The number of ether oxygens (including phenoxy) is 3. The Hall–Kier alpha value is -0.160. The van der Waals surface area contributed by atoms with E-state index >= 15 is 0 Å². The molecule has 90 valence electrons. The summed E-state index contributed by atoms with van der Waals surface area (Å²) >= 11 is 0. The Morgan fingerprint density at radius 1 is 1.40 bits per heavy atom. The smallest absolute Gasteiger partial charge is 0.159 e. The molecule has 0 aromatic carbocycles. The van der Waals surface area contributed by atoms with Crippen molar-refractivity contribution in [3.05, 3.63) is 0 Å². The van der Waals surface area contributed by atoms with Crippen LogP contribution >= 0.6 is 0 Å². The molecule has 1 unspecified atom stereocenters. The minimum atomic E-state index is -0.0920. The Kier molecular flexibility index (Phi) is 4.99. The minimum Gasteiger partial charge on any atom is -0.379 e. The van der Waals surface area contributed by atoms with Crippen molar-refractivity contribution in [3.63, 3.8) is 0 Å². The lowest BCUT2D eigenvalue weighted by atomic mass is 9.98. The molecule has 0 spiro atoms. The normalized spacial score (nSPS) is 20.8. The molecular formula is C11H23NO3. The second kappa shape index (κ2) is 5.80. The van der Waals surface area contributed by atoms with Crippen LogP contribution in [-0.2, 0) is 14.2 Å². The number of nitrogens with two attached hydrogens (primary N) is 1. The highest BCUT2D eigenvalue weighted by molar-refractivity contribution is 4.73. The zero-order valence-corrected chi connectivity index (χ0v) is 9.99. The lowest BCUT2D eigenvalue weighted by Gasteiger charge is -2.25. The number of methoxy groups -OCH3 is 1. The topological polar surface area (TPSA) is 53.7 Å². The van der Waals surface area contributed by atoms with Gasteiger partial charge in [-0.25, -0.2) is 0 Å². The van der Waals surface area contributed by atoms with Crippen LogP contribution in [0.15, 0.2) is 0 Å². The van der Waals surface area contributed by atoms with Gasteiger partial charge in [0.05, 0.1) is 18.8 Å². The van der Waals surface area contributed by atoms with Crippen LogP contribution in [0.3, 0.4) is 0 Å². The second-order valence-corrected chi connectivity index (χ2v) is 4.67. The molecule has 4 nitrogen and oxygen atoms in total. The Morgan fingerprint density at radius 2 is 2.00 bits per heavy atom. The van der Waals surface area contributed by atoms with E-state index in [9.17, 15) is 0 Å². The van der Waals surface area contributed by atoms with Crippen LogP contribution in [0.2, 0.25) is 0 Å². The Morgan fingerprint density at radius 3 is 2.53 bits per heavy atom. The maximum atomic E-state index is 6.00. The van der Waals surface area contributed by atoms with Gasteiger partial charge in [-0.2, -0.15) is 0 Å². The molecule has 1 heterocycles. The summed E-state index contributed by atoms with van der Waals surface area (Å²) in [6.07, 6.45) is 2.58. The molecule has 1 aliphatic rings. The van der Waals surface area contributed by atoms with E-state index in [0.717, 1.165) is 19.3 Å². The van der Waals surface area contributed by atoms with Crippen LogP contribution in [0.5, 0.6) is 0 Å². The molecule has 0 saturated carbocycles. The van der Waals surface area contributed by atoms with Crippen molar-refractivity contribution in [2.24, 2.45) is 5.73 Å². The highest BCUT2D eigenvalue weighted by Crippen LogP contribution is 2.19. The molecule has 1 rings (SSSR count). The molecule has 0 aromatic heterocycles. The summed E-state index contributed by atoms with van der Waals surface area (Å²) in [6.45, 7) is 5.53. The van der Waals surface area contributed by atoms with Gasteiger partial charge in [0, 0.05) is 19.6 Å². The minimum absolute atomic E-state index is 0.0883. The van der Waals surface area contributed by atoms with Crippen LogP contribution in [0.1, 0.15) is 33.1 Å². The van der Waals surface area contributed by atoms with Gasteiger partial charge in [0.2, 0.25) is 0 Å². The predicted octanol–water partition coefficient (Wildman–Crippen LogP) is 1.28. The summed E-state index contributed by atoms with van der Waals surface area (Å²) in [5.41, 5.74) is 5.91. The molecule has 1 atom stereocenters. The summed E-state index contributed by atoms with van der Waals surface area (Å²) in [5, 5.41) is 0. The van der Waals surface area contributed by atoms with Crippen molar-refractivity contribution in [1.29, 1.82) is 0 Å². The lowest BCUT2D eigenvalue weighted by molar-refractivity contribution is -0.0529. The van der Waals surface area contributed by atoms with Crippen molar-refractivity contribution in [3.8, 4) is 0 Å². The average molecular weight is 217 g/mol. The Bertz CT molecular complexity index is 179. The van der Waals surface area contributed by atoms with Gasteiger partial charge >= 0.3 is 0 Å². The molecule has 0 amide bonds. The molecule has 1 aliphatic heterocycles. The maximum absolute atomic E-state index is 6.00. The third-order valence-corrected chi connectivity index (χ3v) is 2.86. The van der Waals surface area contributed by atoms with E-state index in [2.05, 4.69) is 13.8 Å². The van der Waals surface area contributed by atoms with Crippen LogP contribution in [0.4, 0.5) is 0 Å². The second-order valence-electron chi connectivity index (χ2n) is 4.67. The van der Waals surface area contributed by atoms with E-state index in [1.807, 2.05) is 0 Å². The summed E-state index contributed by atoms with van der Waals surface area (Å²) in [5.74, 6) is 0. The van der Waals surface area contributed by atoms with Gasteiger partial charge in [-0.3, -0.25) is 0 Å². The molecule has 0 aromatic rings. The summed E-state index contributed by atoms with van der Waals surface area (Å²) in [4.78, 5) is 0. The monoisotopic (exact) mass is 217 g/mol.